The van der Waals surface area contributed by atoms with Crippen LogP contribution in [0.25, 0.3) is 0 Å². The quantitative estimate of drug-likeness (QED) is 0.838. The molecule has 5 heteroatoms. The first kappa shape index (κ1) is 17.0. The van der Waals surface area contributed by atoms with Crippen molar-refractivity contribution in [2.75, 3.05) is 19.6 Å². The fourth-order valence-electron chi connectivity index (χ4n) is 4.40. The molecule has 3 heterocycles. The zero-order chi connectivity index (χ0) is 16.4. The molecule has 1 saturated carbocycles. The summed E-state index contributed by atoms with van der Waals surface area (Å²) in [6.45, 7) is 9.51. The monoisotopic (exact) mass is 323 g/mol. The van der Waals surface area contributed by atoms with E-state index in [2.05, 4.69) is 15.5 Å². The summed E-state index contributed by atoms with van der Waals surface area (Å²) in [5.74, 6) is 0.860. The SMILES string of the molecule is CC(C)(C)OC(=O)NC1CCCC(NC2CN3CCC2CC3)C1. The predicted octanol–water partition coefficient (Wildman–Crippen LogP) is 2.51. The van der Waals surface area contributed by atoms with Crippen LogP contribution in [0.2, 0.25) is 0 Å². The Hall–Kier alpha value is -0.810. The van der Waals surface area contributed by atoms with Gasteiger partial charge in [0.2, 0.25) is 0 Å². The van der Waals surface area contributed by atoms with Crippen LogP contribution in [-0.2, 0) is 4.74 Å². The lowest BCUT2D eigenvalue weighted by Crippen LogP contribution is -2.59. The number of carbonyl (C=O) groups is 1. The molecule has 4 fully saturated rings. The Balaban J connectivity index is 1.46. The number of rotatable bonds is 3. The number of nitrogens with zero attached hydrogens (tertiary/aromatic N) is 1. The maximum Gasteiger partial charge on any atom is 0.407 e. The molecule has 0 aromatic rings. The topological polar surface area (TPSA) is 53.6 Å². The van der Waals surface area contributed by atoms with Gasteiger partial charge in [0.05, 0.1) is 0 Å². The van der Waals surface area contributed by atoms with E-state index < -0.39 is 5.60 Å². The normalized spacial score (nSPS) is 37.4. The number of carbonyl (C=O) groups excluding carboxylic acids is 1. The highest BCUT2D eigenvalue weighted by Crippen LogP contribution is 2.29. The maximum absolute atomic E-state index is 12.0. The van der Waals surface area contributed by atoms with Crippen molar-refractivity contribution in [3.63, 3.8) is 0 Å². The average Bonchev–Trinajstić information content (AvgIpc) is 2.46. The van der Waals surface area contributed by atoms with E-state index >= 15 is 0 Å². The molecule has 3 atom stereocenters. The van der Waals surface area contributed by atoms with E-state index in [4.69, 9.17) is 4.74 Å². The first-order valence-electron chi connectivity index (χ1n) is 9.37. The third kappa shape index (κ3) is 4.83. The highest BCUT2D eigenvalue weighted by Gasteiger charge is 2.36. The van der Waals surface area contributed by atoms with Gasteiger partial charge in [-0.1, -0.05) is 0 Å². The summed E-state index contributed by atoms with van der Waals surface area (Å²) in [4.78, 5) is 14.6. The third-order valence-corrected chi connectivity index (χ3v) is 5.50. The van der Waals surface area contributed by atoms with Crippen LogP contribution in [0.5, 0.6) is 0 Å². The van der Waals surface area contributed by atoms with Crippen LogP contribution in [0.1, 0.15) is 59.3 Å². The largest absolute Gasteiger partial charge is 0.444 e. The van der Waals surface area contributed by atoms with Crippen LogP contribution in [0.4, 0.5) is 4.79 Å². The zero-order valence-electron chi connectivity index (χ0n) is 14.9. The summed E-state index contributed by atoms with van der Waals surface area (Å²) in [6, 6.07) is 1.44. The van der Waals surface area contributed by atoms with Crippen molar-refractivity contribution in [1.82, 2.24) is 15.5 Å². The van der Waals surface area contributed by atoms with E-state index in [1.54, 1.807) is 0 Å². The second-order valence-corrected chi connectivity index (χ2v) is 8.62. The zero-order valence-corrected chi connectivity index (χ0v) is 14.9. The second-order valence-electron chi connectivity index (χ2n) is 8.62. The molecule has 3 aliphatic heterocycles. The lowest BCUT2D eigenvalue weighted by Gasteiger charge is -2.47. The molecule has 2 bridgehead atoms. The van der Waals surface area contributed by atoms with Gasteiger partial charge in [0, 0.05) is 24.7 Å². The smallest absolute Gasteiger partial charge is 0.407 e. The van der Waals surface area contributed by atoms with Gasteiger partial charge in [-0.05, 0) is 78.3 Å². The molecule has 0 spiro atoms. The Bertz CT molecular complexity index is 413. The van der Waals surface area contributed by atoms with Crippen molar-refractivity contribution < 1.29 is 9.53 Å². The van der Waals surface area contributed by atoms with Crippen LogP contribution < -0.4 is 10.6 Å². The number of amides is 1. The average molecular weight is 323 g/mol. The first-order valence-corrected chi connectivity index (χ1v) is 9.37. The molecule has 3 unspecified atom stereocenters. The standard InChI is InChI=1S/C18H33N3O2/c1-18(2,3)23-17(22)20-15-6-4-5-14(11-15)19-16-12-21-9-7-13(16)8-10-21/h13-16,19H,4-12H2,1-3H3,(H,20,22). The van der Waals surface area contributed by atoms with Crippen molar-refractivity contribution >= 4 is 6.09 Å². The van der Waals surface area contributed by atoms with Crippen molar-refractivity contribution in [2.45, 2.75) is 83.0 Å². The van der Waals surface area contributed by atoms with E-state index in [1.807, 2.05) is 20.8 Å². The number of hydrogen-bond donors (Lipinski definition) is 2. The van der Waals surface area contributed by atoms with E-state index in [0.29, 0.717) is 12.1 Å². The summed E-state index contributed by atoms with van der Waals surface area (Å²) >= 11 is 0. The number of ether oxygens (including phenoxy) is 1. The predicted molar refractivity (Wildman–Crippen MR) is 91.5 cm³/mol. The molecule has 1 amide bonds. The number of fused-ring (bicyclic) bond motifs is 3. The van der Waals surface area contributed by atoms with Gasteiger partial charge in [0.15, 0.2) is 0 Å². The van der Waals surface area contributed by atoms with Gasteiger partial charge in [-0.3, -0.25) is 0 Å². The highest BCUT2D eigenvalue weighted by atomic mass is 16.6. The fraction of sp³-hybridized carbons (Fsp3) is 0.944. The van der Waals surface area contributed by atoms with Crippen molar-refractivity contribution in [3.8, 4) is 0 Å². The van der Waals surface area contributed by atoms with Crippen molar-refractivity contribution in [1.29, 1.82) is 0 Å². The van der Waals surface area contributed by atoms with E-state index in [1.165, 1.54) is 45.3 Å². The number of alkyl carbamates (subject to hydrolysis) is 1. The Morgan fingerprint density at radius 3 is 2.39 bits per heavy atom. The molecule has 3 saturated heterocycles. The molecule has 1 aliphatic carbocycles. The molecule has 4 aliphatic rings. The summed E-state index contributed by atoms with van der Waals surface area (Å²) < 4.78 is 5.39. The minimum atomic E-state index is -0.424. The summed E-state index contributed by atoms with van der Waals surface area (Å²) in [5.41, 5.74) is -0.424. The molecule has 0 radical (unpaired) electrons. The molecule has 0 aromatic carbocycles. The highest BCUT2D eigenvalue weighted by molar-refractivity contribution is 5.68. The molecule has 0 aromatic heterocycles. The minimum Gasteiger partial charge on any atom is -0.444 e. The third-order valence-electron chi connectivity index (χ3n) is 5.50. The Morgan fingerprint density at radius 2 is 1.78 bits per heavy atom. The van der Waals surface area contributed by atoms with Gasteiger partial charge in [-0.25, -0.2) is 4.79 Å². The number of hydrogen-bond acceptors (Lipinski definition) is 4. The van der Waals surface area contributed by atoms with Crippen LogP contribution in [0, 0.1) is 5.92 Å². The van der Waals surface area contributed by atoms with E-state index in [9.17, 15) is 4.79 Å². The minimum absolute atomic E-state index is 0.247. The maximum atomic E-state index is 12.0. The molecule has 5 nitrogen and oxygen atoms in total. The van der Waals surface area contributed by atoms with Gasteiger partial charge in [-0.2, -0.15) is 0 Å². The molecule has 132 valence electrons. The second kappa shape index (κ2) is 6.98. The van der Waals surface area contributed by atoms with E-state index in [-0.39, 0.29) is 12.1 Å². The Labute approximate surface area is 140 Å². The van der Waals surface area contributed by atoms with Crippen LogP contribution in [0.3, 0.4) is 0 Å². The van der Waals surface area contributed by atoms with Crippen molar-refractivity contribution in [2.24, 2.45) is 5.92 Å². The molecular weight excluding hydrogens is 290 g/mol. The van der Waals surface area contributed by atoms with Gasteiger partial charge in [0.25, 0.3) is 0 Å². The summed E-state index contributed by atoms with van der Waals surface area (Å²) in [7, 11) is 0. The molecule has 2 N–H and O–H groups in total. The molecule has 4 rings (SSSR count). The van der Waals surface area contributed by atoms with Crippen molar-refractivity contribution in [3.05, 3.63) is 0 Å². The van der Waals surface area contributed by atoms with Gasteiger partial charge in [0.1, 0.15) is 5.60 Å². The number of nitrogens with one attached hydrogen (secondary N) is 2. The molecule has 23 heavy (non-hydrogen) atoms. The first-order chi connectivity index (χ1) is 10.9. The number of piperidine rings is 3. The van der Waals surface area contributed by atoms with Gasteiger partial charge >= 0.3 is 6.09 Å². The van der Waals surface area contributed by atoms with Crippen LogP contribution >= 0.6 is 0 Å². The molecular formula is C18H33N3O2. The van der Waals surface area contributed by atoms with Gasteiger partial charge < -0.3 is 20.3 Å². The fourth-order valence-corrected chi connectivity index (χ4v) is 4.40. The van der Waals surface area contributed by atoms with E-state index in [0.717, 1.165) is 18.8 Å². The Morgan fingerprint density at radius 1 is 1.09 bits per heavy atom. The lowest BCUT2D eigenvalue weighted by molar-refractivity contribution is 0.0468. The Kier molecular flexibility index (Phi) is 5.16. The van der Waals surface area contributed by atoms with Crippen LogP contribution in [0.15, 0.2) is 0 Å². The summed E-state index contributed by atoms with van der Waals surface area (Å²) in [6.07, 6.45) is 6.94. The van der Waals surface area contributed by atoms with Crippen LogP contribution in [-0.4, -0.2) is 54.4 Å². The summed E-state index contributed by atoms with van der Waals surface area (Å²) in [5, 5.41) is 6.97. The lowest BCUT2D eigenvalue weighted by atomic mass is 9.82. The van der Waals surface area contributed by atoms with Gasteiger partial charge in [-0.15, -0.1) is 0 Å².